The van der Waals surface area contributed by atoms with Crippen molar-refractivity contribution in [1.29, 1.82) is 0 Å². The number of halogens is 1. The van der Waals surface area contributed by atoms with Crippen molar-refractivity contribution < 1.29 is 63.6 Å². The molecular weight excluding hydrogens is 331 g/mol. The van der Waals surface area contributed by atoms with E-state index in [9.17, 15) is 0 Å². The van der Waals surface area contributed by atoms with E-state index in [1.807, 2.05) is 0 Å². The van der Waals surface area contributed by atoms with Crippen LogP contribution in [0, 0.1) is 0 Å². The SMILES string of the molecule is O.[O-][I+3]([O-])([O-])O.[O]=[Ag]. The normalized spacial score (nSPS) is 8.25. The van der Waals surface area contributed by atoms with Gasteiger partial charge in [-0.2, -0.15) is 0 Å². The second kappa shape index (κ2) is 8.07. The molecule has 0 bridgehead atoms. The van der Waals surface area contributed by atoms with Crippen molar-refractivity contribution in [2.45, 2.75) is 0 Å². The summed E-state index contributed by atoms with van der Waals surface area (Å²) in [6.45, 7) is 0. The van der Waals surface area contributed by atoms with Crippen LogP contribution < -0.4 is 30.4 Å². The van der Waals surface area contributed by atoms with Gasteiger partial charge < -0.3 is 5.48 Å². The summed E-state index contributed by atoms with van der Waals surface area (Å²) in [4.78, 5) is 0. The third-order valence-electron chi connectivity index (χ3n) is 0. The van der Waals surface area contributed by atoms with E-state index in [0.29, 0.717) is 0 Å². The van der Waals surface area contributed by atoms with Gasteiger partial charge in [0.05, 0.1) is 0 Å². The molecule has 3 N–H and O–H groups in total. The first-order valence-electron chi connectivity index (χ1n) is 0.755. The summed E-state index contributed by atoms with van der Waals surface area (Å²) < 4.78 is 41.3. The molecule has 8 heavy (non-hydrogen) atoms. The van der Waals surface area contributed by atoms with Gasteiger partial charge in [-0.15, -0.1) is 0 Å². The number of rotatable bonds is 0. The Morgan fingerprint density at radius 1 is 1.25 bits per heavy atom. The van der Waals surface area contributed by atoms with Crippen LogP contribution in [0.4, 0.5) is 0 Å². The Kier molecular flexibility index (Phi) is 16.2. The molecule has 0 heterocycles. The number of hydrogen-bond acceptors (Lipinski definition) is 5. The van der Waals surface area contributed by atoms with Crippen LogP contribution in [-0.2, 0) is 24.3 Å². The Morgan fingerprint density at radius 2 is 1.25 bits per heavy atom. The van der Waals surface area contributed by atoms with E-state index in [1.165, 1.54) is 0 Å². The van der Waals surface area contributed by atoms with Gasteiger partial charge in [0.2, 0.25) is 0 Å². The maximum absolute atomic E-state index is 8.73. The first kappa shape index (κ1) is 16.0. The van der Waals surface area contributed by atoms with E-state index in [0.717, 1.165) is 0 Å². The molecule has 0 radical (unpaired) electrons. The Bertz CT molecular complexity index is 32.3. The molecule has 0 aromatic heterocycles. The van der Waals surface area contributed by atoms with E-state index < -0.39 is 20.1 Å². The molecule has 0 unspecified atom stereocenters. The van der Waals surface area contributed by atoms with Gasteiger partial charge in [-0.3, -0.25) is 10.3 Å². The van der Waals surface area contributed by atoms with Gasteiger partial charge in [0.15, 0.2) is 0 Å². The van der Waals surface area contributed by atoms with Crippen LogP contribution >= 0.6 is 0 Å². The molecule has 0 rings (SSSR count). The monoisotopic (exact) mass is 333 g/mol. The average molecular weight is 334 g/mol. The van der Waals surface area contributed by atoms with Crippen molar-refractivity contribution in [3.8, 4) is 0 Å². The quantitative estimate of drug-likeness (QED) is 0.346. The van der Waals surface area contributed by atoms with Crippen molar-refractivity contribution in [1.82, 2.24) is 0 Å². The molecular formula is H3AgIO6. The Balaban J connectivity index is -0.0000000750. The summed E-state index contributed by atoms with van der Waals surface area (Å²) in [5, 5.41) is 0. The average Bonchev–Trinajstić information content (AvgIpc) is 1.36. The van der Waals surface area contributed by atoms with Gasteiger partial charge in [-0.05, 0) is 0 Å². The fourth-order valence-corrected chi connectivity index (χ4v) is 0. The molecule has 0 spiro atoms. The summed E-state index contributed by atoms with van der Waals surface area (Å²) in [5.41, 5.74) is 0. The van der Waals surface area contributed by atoms with Gasteiger partial charge in [-0.25, -0.2) is 0 Å². The van der Waals surface area contributed by atoms with Gasteiger partial charge >= 0.3 is 44.4 Å². The molecule has 0 fully saturated rings. The third kappa shape index (κ3) is 227. The van der Waals surface area contributed by atoms with E-state index in [1.54, 1.807) is 21.0 Å². The van der Waals surface area contributed by atoms with E-state index in [2.05, 4.69) is 0 Å². The Morgan fingerprint density at radius 3 is 1.25 bits per heavy atom. The van der Waals surface area contributed by atoms with Crippen LogP contribution in [0.3, 0.4) is 0 Å². The first-order chi connectivity index (χ1) is 3.00. The zero-order valence-electron chi connectivity index (χ0n) is 3.26. The predicted molar refractivity (Wildman–Crippen MR) is 6.52 cm³/mol. The fourth-order valence-electron chi connectivity index (χ4n) is 0. The van der Waals surface area contributed by atoms with Crippen LogP contribution in [0.15, 0.2) is 0 Å². The zero-order valence-corrected chi connectivity index (χ0v) is 6.90. The van der Waals surface area contributed by atoms with Crippen LogP contribution in [0.2, 0.25) is 0 Å². The van der Waals surface area contributed by atoms with Gasteiger partial charge in [0, 0.05) is 3.44 Å². The molecule has 0 saturated heterocycles. The molecule has 0 aliphatic heterocycles. The summed E-state index contributed by atoms with van der Waals surface area (Å²) in [5.74, 6) is 0. The van der Waals surface area contributed by atoms with Crippen LogP contribution in [0.25, 0.3) is 0 Å². The summed E-state index contributed by atoms with van der Waals surface area (Å²) in [6, 6.07) is 0. The van der Waals surface area contributed by atoms with Crippen LogP contribution in [0.1, 0.15) is 0 Å². The third-order valence-corrected chi connectivity index (χ3v) is 0. The minimum atomic E-state index is -5.69. The van der Waals surface area contributed by atoms with E-state index in [4.69, 9.17) is 17.0 Å². The van der Waals surface area contributed by atoms with Crippen molar-refractivity contribution in [3.05, 3.63) is 0 Å². The second-order valence-corrected chi connectivity index (χ2v) is 2.66. The van der Waals surface area contributed by atoms with Gasteiger partial charge in [0.25, 0.3) is 0 Å². The first-order valence-corrected chi connectivity index (χ1v) is 4.97. The minimum absolute atomic E-state index is 0. The van der Waals surface area contributed by atoms with Crippen LogP contribution in [0.5, 0.6) is 0 Å². The molecule has 8 heteroatoms. The van der Waals surface area contributed by atoms with Gasteiger partial charge in [0.1, 0.15) is 0 Å². The Labute approximate surface area is 63.4 Å². The fraction of sp³-hybridized carbons (Fsp3) is 0. The maximum atomic E-state index is 8.73. The summed E-state index contributed by atoms with van der Waals surface area (Å²) in [6.07, 6.45) is 0. The standard InChI is InChI=1S/Ag.HIO4.H2O.O/c;2-1(3,4)5;;/h;2H;1H2;. The zero-order chi connectivity index (χ0) is 6.50. The van der Waals surface area contributed by atoms with Crippen molar-refractivity contribution in [2.24, 2.45) is 0 Å². The molecule has 0 saturated carbocycles. The Hall–Kier alpha value is 1.07. The number of hydrogen-bond donors (Lipinski definition) is 1. The molecule has 57 valence electrons. The van der Waals surface area contributed by atoms with E-state index in [-0.39, 0.29) is 5.48 Å². The molecule has 0 atom stereocenters. The second-order valence-electron chi connectivity index (χ2n) is 0.396. The summed E-state index contributed by atoms with van der Waals surface area (Å²) >= 11 is -3.99. The molecule has 0 aliphatic carbocycles. The molecule has 0 amide bonds. The summed E-state index contributed by atoms with van der Waals surface area (Å²) in [7, 11) is 0. The molecule has 6 nitrogen and oxygen atoms in total. The van der Waals surface area contributed by atoms with Crippen LogP contribution in [-0.4, -0.2) is 8.91 Å². The molecule has 0 aliphatic rings. The van der Waals surface area contributed by atoms with Crippen molar-refractivity contribution in [2.75, 3.05) is 0 Å². The van der Waals surface area contributed by atoms with E-state index >= 15 is 0 Å². The molecule has 0 aromatic carbocycles. The topological polar surface area (TPSA) is 138 Å². The van der Waals surface area contributed by atoms with Crippen molar-refractivity contribution >= 4 is 0 Å². The predicted octanol–water partition coefficient (Wildman–Crippen LogP) is -8.07. The van der Waals surface area contributed by atoms with Gasteiger partial charge in [-0.1, -0.05) is 0 Å². The van der Waals surface area contributed by atoms with Crippen molar-refractivity contribution in [3.63, 3.8) is 0 Å². The molecule has 0 aromatic rings.